The van der Waals surface area contributed by atoms with Gasteiger partial charge in [-0.3, -0.25) is 24.0 Å². The Balaban J connectivity index is 3.17. The van der Waals surface area contributed by atoms with Gasteiger partial charge in [0.2, 0.25) is 23.6 Å². The van der Waals surface area contributed by atoms with Crippen LogP contribution in [-0.2, 0) is 35.2 Å². The zero-order chi connectivity index (χ0) is 28.8. The molecule has 0 fully saturated rings. The zero-order valence-electron chi connectivity index (χ0n) is 20.7. The minimum Gasteiger partial charge on any atom is -0.508 e. The molecule has 4 amide bonds. The standard InChI is InChI=1S/C23H33N5O9S/c1-38-9-8-16(23(36)37)27-22(35)17(10-12-2-4-13(29)5-3-12)28-21(34)15(6-7-19(31)32)26-20(33)14(24)11-18(25)30/h2-5,14-17,29H,6-11,24H2,1H3,(H2,25,30)(H,26,33)(H,27,35)(H,28,34)(H,31,32)(H,36,37). The molecule has 4 unspecified atom stereocenters. The lowest BCUT2D eigenvalue weighted by Gasteiger charge is -2.25. The van der Waals surface area contributed by atoms with Crippen molar-refractivity contribution in [1.82, 2.24) is 16.0 Å². The summed E-state index contributed by atoms with van der Waals surface area (Å²) in [4.78, 5) is 72.3. The number of benzene rings is 1. The van der Waals surface area contributed by atoms with E-state index >= 15 is 0 Å². The summed E-state index contributed by atoms with van der Waals surface area (Å²) in [5, 5.41) is 35.1. The molecule has 0 bridgehead atoms. The van der Waals surface area contributed by atoms with Gasteiger partial charge < -0.3 is 42.7 Å². The largest absolute Gasteiger partial charge is 0.508 e. The molecule has 0 aliphatic rings. The van der Waals surface area contributed by atoms with Gasteiger partial charge in [0.25, 0.3) is 0 Å². The second kappa shape index (κ2) is 16.1. The van der Waals surface area contributed by atoms with E-state index in [1.54, 1.807) is 6.26 Å². The number of nitrogens with two attached hydrogens (primary N) is 2. The van der Waals surface area contributed by atoms with Crippen LogP contribution in [0.2, 0.25) is 0 Å². The number of carbonyl (C=O) groups excluding carboxylic acids is 4. The number of carboxylic acids is 2. The summed E-state index contributed by atoms with van der Waals surface area (Å²) >= 11 is 1.39. The molecule has 0 spiro atoms. The molecule has 0 saturated carbocycles. The van der Waals surface area contributed by atoms with Crippen LogP contribution in [0.4, 0.5) is 0 Å². The number of thioether (sulfide) groups is 1. The molecule has 10 N–H and O–H groups in total. The maximum Gasteiger partial charge on any atom is 0.326 e. The van der Waals surface area contributed by atoms with Crippen molar-refractivity contribution in [2.24, 2.45) is 11.5 Å². The van der Waals surface area contributed by atoms with Crippen LogP contribution in [-0.4, -0.2) is 87.1 Å². The lowest BCUT2D eigenvalue weighted by atomic mass is 10.0. The van der Waals surface area contributed by atoms with Crippen molar-refractivity contribution in [2.45, 2.75) is 56.3 Å². The van der Waals surface area contributed by atoms with E-state index in [0.717, 1.165) is 0 Å². The number of amides is 4. The van der Waals surface area contributed by atoms with Gasteiger partial charge in [-0.1, -0.05) is 12.1 Å². The molecule has 0 saturated heterocycles. The monoisotopic (exact) mass is 555 g/mol. The summed E-state index contributed by atoms with van der Waals surface area (Å²) in [5.41, 5.74) is 11.1. The predicted molar refractivity (Wildman–Crippen MR) is 137 cm³/mol. The number of hydrogen-bond donors (Lipinski definition) is 8. The van der Waals surface area contributed by atoms with Crippen molar-refractivity contribution in [2.75, 3.05) is 12.0 Å². The number of aliphatic carboxylic acids is 2. The highest BCUT2D eigenvalue weighted by molar-refractivity contribution is 7.98. The van der Waals surface area contributed by atoms with Crippen LogP contribution in [0.25, 0.3) is 0 Å². The molecular formula is C23H33N5O9S. The van der Waals surface area contributed by atoms with Gasteiger partial charge in [0.05, 0.1) is 12.5 Å². The number of nitrogens with one attached hydrogen (secondary N) is 3. The number of phenolic OH excluding ortho intramolecular Hbond substituents is 1. The van der Waals surface area contributed by atoms with Crippen molar-refractivity contribution in [3.8, 4) is 5.75 Å². The fraction of sp³-hybridized carbons (Fsp3) is 0.478. The highest BCUT2D eigenvalue weighted by Crippen LogP contribution is 2.12. The molecule has 1 rings (SSSR count). The van der Waals surface area contributed by atoms with Gasteiger partial charge in [0.15, 0.2) is 0 Å². The lowest BCUT2D eigenvalue weighted by Crippen LogP contribution is -2.58. The Morgan fingerprint density at radius 2 is 1.42 bits per heavy atom. The van der Waals surface area contributed by atoms with E-state index in [0.29, 0.717) is 11.3 Å². The molecule has 0 aliphatic heterocycles. The van der Waals surface area contributed by atoms with E-state index in [4.69, 9.17) is 16.6 Å². The van der Waals surface area contributed by atoms with Crippen LogP contribution >= 0.6 is 11.8 Å². The van der Waals surface area contributed by atoms with Gasteiger partial charge in [0, 0.05) is 12.8 Å². The molecule has 1 aromatic rings. The summed E-state index contributed by atoms with van der Waals surface area (Å²) < 4.78 is 0. The minimum atomic E-state index is -1.44. The number of carbonyl (C=O) groups is 6. The molecule has 0 radical (unpaired) electrons. The average molecular weight is 556 g/mol. The molecule has 4 atom stereocenters. The number of rotatable bonds is 17. The molecule has 210 valence electrons. The quantitative estimate of drug-likeness (QED) is 0.107. The Labute approximate surface area is 222 Å². The van der Waals surface area contributed by atoms with Gasteiger partial charge in [-0.25, -0.2) is 4.79 Å². The van der Waals surface area contributed by atoms with Gasteiger partial charge >= 0.3 is 11.9 Å². The van der Waals surface area contributed by atoms with E-state index in [-0.39, 0.29) is 25.0 Å². The van der Waals surface area contributed by atoms with E-state index in [1.165, 1.54) is 36.0 Å². The third-order valence-electron chi connectivity index (χ3n) is 5.27. The minimum absolute atomic E-state index is 0.0365. The molecule has 1 aromatic carbocycles. The maximum absolute atomic E-state index is 13.1. The van der Waals surface area contributed by atoms with Crippen LogP contribution in [0.1, 0.15) is 31.2 Å². The third kappa shape index (κ3) is 11.9. The number of carboxylic acid groups (broad SMARTS) is 2. The second-order valence-electron chi connectivity index (χ2n) is 8.38. The number of phenols is 1. The first kappa shape index (κ1) is 32.2. The van der Waals surface area contributed by atoms with Gasteiger partial charge in [-0.15, -0.1) is 0 Å². The van der Waals surface area contributed by atoms with Crippen molar-refractivity contribution in [1.29, 1.82) is 0 Å². The predicted octanol–water partition coefficient (Wildman–Crippen LogP) is -1.71. The maximum atomic E-state index is 13.1. The summed E-state index contributed by atoms with van der Waals surface area (Å²) in [5.74, 6) is -5.66. The van der Waals surface area contributed by atoms with Crippen LogP contribution in [0, 0.1) is 0 Å². The molecular weight excluding hydrogens is 522 g/mol. The normalized spacial score (nSPS) is 13.8. The van der Waals surface area contributed by atoms with Crippen molar-refractivity contribution >= 4 is 47.3 Å². The summed E-state index contributed by atoms with van der Waals surface area (Å²) in [6.07, 6.45) is 0.376. The smallest absolute Gasteiger partial charge is 0.326 e. The Morgan fingerprint density at radius 1 is 0.868 bits per heavy atom. The molecule has 38 heavy (non-hydrogen) atoms. The van der Waals surface area contributed by atoms with Crippen molar-refractivity contribution in [3.05, 3.63) is 29.8 Å². The van der Waals surface area contributed by atoms with Crippen LogP contribution in [0.3, 0.4) is 0 Å². The third-order valence-corrected chi connectivity index (χ3v) is 5.92. The van der Waals surface area contributed by atoms with Gasteiger partial charge in [-0.05, 0) is 42.5 Å². The molecule has 0 aliphatic carbocycles. The highest BCUT2D eigenvalue weighted by Gasteiger charge is 2.31. The first-order valence-electron chi connectivity index (χ1n) is 11.5. The summed E-state index contributed by atoms with van der Waals surface area (Å²) in [7, 11) is 0. The molecule has 15 heteroatoms. The molecule has 14 nitrogen and oxygen atoms in total. The Morgan fingerprint density at radius 3 is 1.95 bits per heavy atom. The van der Waals surface area contributed by atoms with Crippen molar-refractivity contribution < 1.29 is 44.1 Å². The topological polar surface area (TPSA) is 251 Å². The number of hydrogen-bond acceptors (Lipinski definition) is 9. The average Bonchev–Trinajstić information content (AvgIpc) is 2.83. The molecule has 0 aromatic heterocycles. The Bertz CT molecular complexity index is 1010. The van der Waals surface area contributed by atoms with Crippen LogP contribution < -0.4 is 27.4 Å². The van der Waals surface area contributed by atoms with Crippen LogP contribution in [0.5, 0.6) is 5.75 Å². The first-order valence-corrected chi connectivity index (χ1v) is 12.9. The second-order valence-corrected chi connectivity index (χ2v) is 9.37. The van der Waals surface area contributed by atoms with E-state index in [1.807, 2.05) is 0 Å². The molecule has 0 heterocycles. The summed E-state index contributed by atoms with van der Waals surface area (Å²) in [6, 6.07) is 0.320. The van der Waals surface area contributed by atoms with E-state index < -0.39 is 72.6 Å². The fourth-order valence-corrected chi connectivity index (χ4v) is 3.71. The van der Waals surface area contributed by atoms with Crippen LogP contribution in [0.15, 0.2) is 24.3 Å². The zero-order valence-corrected chi connectivity index (χ0v) is 21.5. The SMILES string of the molecule is CSCCC(NC(=O)C(Cc1ccc(O)cc1)NC(=O)C(CCC(=O)O)NC(=O)C(N)CC(N)=O)C(=O)O. The number of primary amides is 1. The Kier molecular flexibility index (Phi) is 13.6. The summed E-state index contributed by atoms with van der Waals surface area (Å²) in [6.45, 7) is 0. The number of aromatic hydroxyl groups is 1. The lowest BCUT2D eigenvalue weighted by molar-refractivity contribution is -0.142. The highest BCUT2D eigenvalue weighted by atomic mass is 32.2. The van der Waals surface area contributed by atoms with Gasteiger partial charge in [0.1, 0.15) is 23.9 Å². The first-order chi connectivity index (χ1) is 17.8. The van der Waals surface area contributed by atoms with E-state index in [2.05, 4.69) is 16.0 Å². The fourth-order valence-electron chi connectivity index (χ4n) is 3.24. The van der Waals surface area contributed by atoms with Crippen molar-refractivity contribution in [3.63, 3.8) is 0 Å². The van der Waals surface area contributed by atoms with E-state index in [9.17, 15) is 39.0 Å². The Hall–Kier alpha value is -3.85. The van der Waals surface area contributed by atoms with Gasteiger partial charge in [-0.2, -0.15) is 11.8 Å².